The van der Waals surface area contributed by atoms with Crippen molar-refractivity contribution < 1.29 is 4.79 Å². The lowest BCUT2D eigenvalue weighted by atomic mass is 10.1. The molecule has 0 saturated heterocycles. The molecular formula is C12H16Br2N2O. The molecule has 0 fully saturated rings. The molecular weight excluding hydrogens is 348 g/mol. The van der Waals surface area contributed by atoms with Crippen LogP contribution in [0.3, 0.4) is 0 Å². The van der Waals surface area contributed by atoms with Crippen LogP contribution in [0.4, 0.5) is 11.4 Å². The number of carbonyl (C=O) groups is 1. The van der Waals surface area contributed by atoms with E-state index in [1.807, 2.05) is 0 Å². The third kappa shape index (κ3) is 4.32. The molecule has 0 spiro atoms. The van der Waals surface area contributed by atoms with E-state index in [0.717, 1.165) is 21.1 Å². The lowest BCUT2D eigenvalue weighted by Crippen LogP contribution is -2.15. The molecule has 0 bridgehead atoms. The van der Waals surface area contributed by atoms with E-state index in [-0.39, 0.29) is 5.91 Å². The standard InChI is InChI=1S/C12H16Br2N2O/c1-3-7(2)4-11(17)16-12-9(13)5-8(15)6-10(12)14/h5-7H,3-4,15H2,1-2H3,(H,16,17). The summed E-state index contributed by atoms with van der Waals surface area (Å²) in [4.78, 5) is 11.8. The highest BCUT2D eigenvalue weighted by atomic mass is 79.9. The fourth-order valence-electron chi connectivity index (χ4n) is 1.36. The first kappa shape index (κ1) is 14.5. The minimum atomic E-state index is 0.0190. The van der Waals surface area contributed by atoms with Crippen molar-refractivity contribution in [3.8, 4) is 0 Å². The van der Waals surface area contributed by atoms with Crippen LogP contribution in [0, 0.1) is 5.92 Å². The molecule has 1 amide bonds. The molecule has 3 N–H and O–H groups in total. The number of hydrogen-bond donors (Lipinski definition) is 2. The first-order chi connectivity index (χ1) is 7.93. The number of nitrogen functional groups attached to an aromatic ring is 1. The van der Waals surface area contributed by atoms with E-state index < -0.39 is 0 Å². The van der Waals surface area contributed by atoms with Gasteiger partial charge in [-0.25, -0.2) is 0 Å². The van der Waals surface area contributed by atoms with Crippen molar-refractivity contribution in [2.75, 3.05) is 11.1 Å². The van der Waals surface area contributed by atoms with Crippen LogP contribution in [0.5, 0.6) is 0 Å². The van der Waals surface area contributed by atoms with Crippen LogP contribution in [0.25, 0.3) is 0 Å². The van der Waals surface area contributed by atoms with Gasteiger partial charge in [-0.2, -0.15) is 0 Å². The van der Waals surface area contributed by atoms with Gasteiger partial charge in [0, 0.05) is 21.1 Å². The normalized spacial score (nSPS) is 12.2. The third-order valence-electron chi connectivity index (χ3n) is 2.56. The summed E-state index contributed by atoms with van der Waals surface area (Å²) >= 11 is 6.77. The predicted octanol–water partition coefficient (Wildman–Crippen LogP) is 4.17. The molecule has 5 heteroatoms. The lowest BCUT2D eigenvalue weighted by molar-refractivity contribution is -0.117. The number of nitrogens with two attached hydrogens (primary N) is 1. The second-order valence-electron chi connectivity index (χ2n) is 4.13. The number of anilines is 2. The van der Waals surface area contributed by atoms with E-state index in [4.69, 9.17) is 5.73 Å². The summed E-state index contributed by atoms with van der Waals surface area (Å²) in [5.41, 5.74) is 7.06. The minimum Gasteiger partial charge on any atom is -0.399 e. The van der Waals surface area contributed by atoms with Crippen LogP contribution >= 0.6 is 31.9 Å². The SMILES string of the molecule is CCC(C)CC(=O)Nc1c(Br)cc(N)cc1Br. The molecule has 0 heterocycles. The Morgan fingerprint density at radius 2 is 1.94 bits per heavy atom. The zero-order valence-electron chi connectivity index (χ0n) is 9.89. The van der Waals surface area contributed by atoms with Crippen molar-refractivity contribution in [2.45, 2.75) is 26.7 Å². The summed E-state index contributed by atoms with van der Waals surface area (Å²) in [6.45, 7) is 4.14. The maximum absolute atomic E-state index is 11.8. The Bertz CT molecular complexity index is 398. The highest BCUT2D eigenvalue weighted by Crippen LogP contribution is 2.33. The van der Waals surface area contributed by atoms with Gasteiger partial charge < -0.3 is 11.1 Å². The molecule has 1 aromatic carbocycles. The van der Waals surface area contributed by atoms with E-state index in [9.17, 15) is 4.79 Å². The lowest BCUT2D eigenvalue weighted by Gasteiger charge is -2.12. The third-order valence-corrected chi connectivity index (χ3v) is 3.81. The summed E-state index contributed by atoms with van der Waals surface area (Å²) in [7, 11) is 0. The van der Waals surface area contributed by atoms with Gasteiger partial charge in [-0.05, 0) is 49.9 Å². The zero-order valence-corrected chi connectivity index (χ0v) is 13.1. The molecule has 1 atom stereocenters. The molecule has 0 aliphatic heterocycles. The highest BCUT2D eigenvalue weighted by molar-refractivity contribution is 9.11. The Kier molecular flexibility index (Phi) is 5.46. The topological polar surface area (TPSA) is 55.1 Å². The van der Waals surface area contributed by atoms with Crippen LogP contribution in [0.15, 0.2) is 21.1 Å². The zero-order chi connectivity index (χ0) is 13.0. The fourth-order valence-corrected chi connectivity index (χ4v) is 2.78. The first-order valence-electron chi connectivity index (χ1n) is 5.48. The molecule has 1 unspecified atom stereocenters. The second-order valence-corrected chi connectivity index (χ2v) is 5.83. The average Bonchev–Trinajstić information content (AvgIpc) is 2.23. The van der Waals surface area contributed by atoms with Gasteiger partial charge in [0.1, 0.15) is 0 Å². The van der Waals surface area contributed by atoms with Crippen LogP contribution in [-0.4, -0.2) is 5.91 Å². The van der Waals surface area contributed by atoms with Crippen LogP contribution in [-0.2, 0) is 4.79 Å². The van der Waals surface area contributed by atoms with E-state index in [1.165, 1.54) is 0 Å². The molecule has 3 nitrogen and oxygen atoms in total. The number of halogens is 2. The molecule has 0 aromatic heterocycles. The van der Waals surface area contributed by atoms with Crippen molar-refractivity contribution in [3.63, 3.8) is 0 Å². The number of nitrogens with one attached hydrogen (secondary N) is 1. The van der Waals surface area contributed by atoms with Gasteiger partial charge in [0.25, 0.3) is 0 Å². The molecule has 0 saturated carbocycles. The number of benzene rings is 1. The summed E-state index contributed by atoms with van der Waals surface area (Å²) in [6, 6.07) is 3.53. The Hall–Kier alpha value is -0.550. The monoisotopic (exact) mass is 362 g/mol. The maximum Gasteiger partial charge on any atom is 0.224 e. The minimum absolute atomic E-state index is 0.0190. The Labute approximate surface area is 118 Å². The molecule has 0 radical (unpaired) electrons. The molecule has 0 aliphatic carbocycles. The Morgan fingerprint density at radius 1 is 1.41 bits per heavy atom. The Balaban J connectivity index is 2.78. The number of carbonyl (C=O) groups excluding carboxylic acids is 1. The average molecular weight is 364 g/mol. The van der Waals surface area contributed by atoms with Crippen molar-refractivity contribution >= 4 is 49.1 Å². The molecule has 94 valence electrons. The van der Waals surface area contributed by atoms with Gasteiger partial charge in [0.05, 0.1) is 5.69 Å². The molecule has 0 aliphatic rings. The number of amides is 1. The van der Waals surface area contributed by atoms with Gasteiger partial charge >= 0.3 is 0 Å². The van der Waals surface area contributed by atoms with E-state index in [0.29, 0.717) is 18.0 Å². The van der Waals surface area contributed by atoms with Gasteiger partial charge in [-0.1, -0.05) is 20.3 Å². The summed E-state index contributed by atoms with van der Waals surface area (Å²) in [5.74, 6) is 0.409. The summed E-state index contributed by atoms with van der Waals surface area (Å²) < 4.78 is 1.56. The van der Waals surface area contributed by atoms with Crippen molar-refractivity contribution in [2.24, 2.45) is 5.92 Å². The van der Waals surface area contributed by atoms with Crippen molar-refractivity contribution in [3.05, 3.63) is 21.1 Å². The van der Waals surface area contributed by atoms with Gasteiger partial charge in [-0.3, -0.25) is 4.79 Å². The van der Waals surface area contributed by atoms with Crippen LogP contribution < -0.4 is 11.1 Å². The van der Waals surface area contributed by atoms with Gasteiger partial charge in [0.2, 0.25) is 5.91 Å². The van der Waals surface area contributed by atoms with E-state index >= 15 is 0 Å². The largest absolute Gasteiger partial charge is 0.399 e. The predicted molar refractivity (Wildman–Crippen MR) is 79.0 cm³/mol. The number of rotatable bonds is 4. The number of hydrogen-bond acceptors (Lipinski definition) is 2. The summed E-state index contributed by atoms with van der Waals surface area (Å²) in [6.07, 6.45) is 1.53. The highest BCUT2D eigenvalue weighted by Gasteiger charge is 2.12. The van der Waals surface area contributed by atoms with Gasteiger partial charge in [-0.15, -0.1) is 0 Å². The quantitative estimate of drug-likeness (QED) is 0.788. The molecule has 1 rings (SSSR count). The second kappa shape index (κ2) is 6.40. The van der Waals surface area contributed by atoms with Crippen LogP contribution in [0.2, 0.25) is 0 Å². The smallest absolute Gasteiger partial charge is 0.224 e. The van der Waals surface area contributed by atoms with Crippen LogP contribution in [0.1, 0.15) is 26.7 Å². The van der Waals surface area contributed by atoms with E-state index in [1.54, 1.807) is 12.1 Å². The summed E-state index contributed by atoms with van der Waals surface area (Å²) in [5, 5.41) is 2.88. The maximum atomic E-state index is 11.8. The molecule has 1 aromatic rings. The van der Waals surface area contributed by atoms with Gasteiger partial charge in [0.15, 0.2) is 0 Å². The Morgan fingerprint density at radius 3 is 2.41 bits per heavy atom. The van der Waals surface area contributed by atoms with Crippen molar-refractivity contribution in [1.29, 1.82) is 0 Å². The van der Waals surface area contributed by atoms with E-state index in [2.05, 4.69) is 51.0 Å². The molecule has 17 heavy (non-hydrogen) atoms. The fraction of sp³-hybridized carbons (Fsp3) is 0.417. The van der Waals surface area contributed by atoms with Crippen molar-refractivity contribution in [1.82, 2.24) is 0 Å². The first-order valence-corrected chi connectivity index (χ1v) is 7.07.